The summed E-state index contributed by atoms with van der Waals surface area (Å²) in [7, 11) is 0. The fraction of sp³-hybridized carbons (Fsp3) is 0.462. The molecule has 1 amide bonds. The summed E-state index contributed by atoms with van der Waals surface area (Å²) in [4.78, 5) is 28.7. The SMILES string of the molecule is Cc1cc(C(=O)O)cc(NCC(=O)N2CCCC2)n1. The number of rotatable bonds is 4. The molecule has 0 aromatic carbocycles. The number of carboxylic acids is 1. The molecular weight excluding hydrogens is 246 g/mol. The fourth-order valence-corrected chi connectivity index (χ4v) is 2.13. The van der Waals surface area contributed by atoms with Crippen LogP contribution in [0.1, 0.15) is 28.9 Å². The number of carboxylic acid groups (broad SMARTS) is 1. The molecule has 1 aliphatic rings. The molecule has 2 heterocycles. The lowest BCUT2D eigenvalue weighted by atomic mass is 10.2. The van der Waals surface area contributed by atoms with Crippen LogP contribution < -0.4 is 5.32 Å². The van der Waals surface area contributed by atoms with Crippen molar-refractivity contribution in [1.29, 1.82) is 0 Å². The molecule has 1 saturated heterocycles. The number of hydrogen-bond acceptors (Lipinski definition) is 4. The molecule has 19 heavy (non-hydrogen) atoms. The number of nitrogens with one attached hydrogen (secondary N) is 1. The largest absolute Gasteiger partial charge is 0.478 e. The average molecular weight is 263 g/mol. The first kappa shape index (κ1) is 13.3. The van der Waals surface area contributed by atoms with E-state index in [0.29, 0.717) is 11.5 Å². The van der Waals surface area contributed by atoms with Crippen LogP contribution in [0.3, 0.4) is 0 Å². The summed E-state index contributed by atoms with van der Waals surface area (Å²) < 4.78 is 0. The van der Waals surface area contributed by atoms with Crippen LogP contribution in [-0.2, 0) is 4.79 Å². The lowest BCUT2D eigenvalue weighted by Crippen LogP contribution is -2.33. The molecule has 0 spiro atoms. The van der Waals surface area contributed by atoms with Gasteiger partial charge in [0.2, 0.25) is 5.91 Å². The van der Waals surface area contributed by atoms with Crippen LogP contribution in [0.4, 0.5) is 5.82 Å². The maximum absolute atomic E-state index is 11.8. The monoisotopic (exact) mass is 263 g/mol. The van der Waals surface area contributed by atoms with Gasteiger partial charge in [-0.05, 0) is 31.9 Å². The zero-order chi connectivity index (χ0) is 13.8. The second kappa shape index (κ2) is 5.69. The molecule has 0 saturated carbocycles. The molecule has 2 N–H and O–H groups in total. The quantitative estimate of drug-likeness (QED) is 0.850. The van der Waals surface area contributed by atoms with Crippen molar-refractivity contribution in [3.05, 3.63) is 23.4 Å². The molecule has 1 aromatic heterocycles. The minimum Gasteiger partial charge on any atom is -0.478 e. The highest BCUT2D eigenvalue weighted by atomic mass is 16.4. The van der Waals surface area contributed by atoms with E-state index in [2.05, 4.69) is 10.3 Å². The zero-order valence-electron chi connectivity index (χ0n) is 10.8. The van der Waals surface area contributed by atoms with Crippen molar-refractivity contribution in [2.75, 3.05) is 25.0 Å². The number of pyridine rings is 1. The van der Waals surface area contributed by atoms with Crippen molar-refractivity contribution in [2.45, 2.75) is 19.8 Å². The average Bonchev–Trinajstić information content (AvgIpc) is 2.89. The number of aromatic carboxylic acids is 1. The highest BCUT2D eigenvalue weighted by molar-refractivity contribution is 5.89. The molecule has 0 unspecified atom stereocenters. The van der Waals surface area contributed by atoms with Crippen LogP contribution in [0.15, 0.2) is 12.1 Å². The first-order chi connectivity index (χ1) is 9.06. The van der Waals surface area contributed by atoms with Gasteiger partial charge in [-0.1, -0.05) is 0 Å². The number of carbonyl (C=O) groups excluding carboxylic acids is 1. The van der Waals surface area contributed by atoms with Gasteiger partial charge in [0.1, 0.15) is 5.82 Å². The van der Waals surface area contributed by atoms with Crippen LogP contribution in [0.2, 0.25) is 0 Å². The first-order valence-electron chi connectivity index (χ1n) is 6.30. The lowest BCUT2D eigenvalue weighted by Gasteiger charge is -2.15. The molecule has 6 heteroatoms. The number of hydrogen-bond donors (Lipinski definition) is 2. The zero-order valence-corrected chi connectivity index (χ0v) is 10.8. The van der Waals surface area contributed by atoms with E-state index in [1.165, 1.54) is 12.1 Å². The Kier molecular flexibility index (Phi) is 3.99. The van der Waals surface area contributed by atoms with Gasteiger partial charge >= 0.3 is 5.97 Å². The molecule has 2 rings (SSSR count). The van der Waals surface area contributed by atoms with Crippen molar-refractivity contribution in [3.8, 4) is 0 Å². The maximum Gasteiger partial charge on any atom is 0.335 e. The first-order valence-corrected chi connectivity index (χ1v) is 6.30. The molecule has 6 nitrogen and oxygen atoms in total. The van der Waals surface area contributed by atoms with Crippen LogP contribution in [-0.4, -0.2) is 46.5 Å². The van der Waals surface area contributed by atoms with Gasteiger partial charge in [0.25, 0.3) is 0 Å². The normalized spacial score (nSPS) is 14.5. The minimum atomic E-state index is -1.00. The van der Waals surface area contributed by atoms with Gasteiger partial charge in [-0.3, -0.25) is 4.79 Å². The number of aromatic nitrogens is 1. The predicted molar refractivity (Wildman–Crippen MR) is 70.2 cm³/mol. The van der Waals surface area contributed by atoms with Gasteiger partial charge in [-0.2, -0.15) is 0 Å². The molecule has 1 aromatic rings. The lowest BCUT2D eigenvalue weighted by molar-refractivity contribution is -0.128. The molecule has 0 bridgehead atoms. The number of carbonyl (C=O) groups is 2. The molecular formula is C13H17N3O3. The summed E-state index contributed by atoms with van der Waals surface area (Å²) in [6.07, 6.45) is 2.11. The second-order valence-electron chi connectivity index (χ2n) is 4.63. The van der Waals surface area contributed by atoms with Crippen LogP contribution in [0.25, 0.3) is 0 Å². The van der Waals surface area contributed by atoms with E-state index in [1.54, 1.807) is 11.8 Å². The molecule has 1 aliphatic heterocycles. The molecule has 0 aliphatic carbocycles. The third-order valence-corrected chi connectivity index (χ3v) is 3.08. The summed E-state index contributed by atoms with van der Waals surface area (Å²) >= 11 is 0. The highest BCUT2D eigenvalue weighted by Gasteiger charge is 2.17. The third kappa shape index (κ3) is 3.43. The van der Waals surface area contributed by atoms with Gasteiger partial charge in [0.05, 0.1) is 12.1 Å². The summed E-state index contributed by atoms with van der Waals surface area (Å²) in [6, 6.07) is 2.93. The van der Waals surface area contributed by atoms with Gasteiger partial charge in [0.15, 0.2) is 0 Å². The Morgan fingerprint density at radius 3 is 2.68 bits per heavy atom. The van der Waals surface area contributed by atoms with E-state index in [-0.39, 0.29) is 18.0 Å². The van der Waals surface area contributed by atoms with Crippen LogP contribution in [0.5, 0.6) is 0 Å². The molecule has 102 valence electrons. The second-order valence-corrected chi connectivity index (χ2v) is 4.63. The number of likely N-dealkylation sites (tertiary alicyclic amines) is 1. The van der Waals surface area contributed by atoms with Crippen LogP contribution >= 0.6 is 0 Å². The van der Waals surface area contributed by atoms with Gasteiger partial charge in [-0.15, -0.1) is 0 Å². The Morgan fingerprint density at radius 2 is 2.05 bits per heavy atom. The summed E-state index contributed by atoms with van der Waals surface area (Å²) in [5, 5.41) is 11.8. The van der Waals surface area contributed by atoms with E-state index in [4.69, 9.17) is 5.11 Å². The number of anilines is 1. The van der Waals surface area contributed by atoms with E-state index >= 15 is 0 Å². The highest BCUT2D eigenvalue weighted by Crippen LogP contribution is 2.11. The standard InChI is InChI=1S/C13H17N3O3/c1-9-6-10(13(18)19)7-11(15-9)14-8-12(17)16-4-2-3-5-16/h6-7H,2-5,8H2,1H3,(H,14,15)(H,18,19). The Hall–Kier alpha value is -2.11. The summed E-state index contributed by atoms with van der Waals surface area (Å²) in [6.45, 7) is 3.49. The van der Waals surface area contributed by atoms with Gasteiger partial charge in [-0.25, -0.2) is 9.78 Å². The maximum atomic E-state index is 11.8. The Morgan fingerprint density at radius 1 is 1.37 bits per heavy atom. The van der Waals surface area contributed by atoms with Crippen molar-refractivity contribution in [2.24, 2.45) is 0 Å². The third-order valence-electron chi connectivity index (χ3n) is 3.08. The Balaban J connectivity index is 1.98. The fourth-order valence-electron chi connectivity index (χ4n) is 2.13. The molecule has 0 atom stereocenters. The van der Waals surface area contributed by atoms with Crippen molar-refractivity contribution >= 4 is 17.7 Å². The summed E-state index contributed by atoms with van der Waals surface area (Å²) in [5.74, 6) is -0.554. The minimum absolute atomic E-state index is 0.0256. The van der Waals surface area contributed by atoms with Crippen molar-refractivity contribution < 1.29 is 14.7 Å². The number of nitrogens with zero attached hydrogens (tertiary/aromatic N) is 2. The number of amides is 1. The molecule has 1 fully saturated rings. The van der Waals surface area contributed by atoms with Crippen molar-refractivity contribution in [1.82, 2.24) is 9.88 Å². The predicted octanol–water partition coefficient (Wildman–Crippen LogP) is 1.12. The van der Waals surface area contributed by atoms with E-state index in [1.807, 2.05) is 0 Å². The smallest absolute Gasteiger partial charge is 0.335 e. The topological polar surface area (TPSA) is 82.5 Å². The van der Waals surface area contributed by atoms with Crippen LogP contribution in [0, 0.1) is 6.92 Å². The van der Waals surface area contributed by atoms with E-state index in [9.17, 15) is 9.59 Å². The summed E-state index contributed by atoms with van der Waals surface area (Å²) in [5.41, 5.74) is 0.777. The van der Waals surface area contributed by atoms with Gasteiger partial charge < -0.3 is 15.3 Å². The van der Waals surface area contributed by atoms with E-state index < -0.39 is 5.97 Å². The Labute approximate surface area is 111 Å². The Bertz CT molecular complexity index is 496. The van der Waals surface area contributed by atoms with Gasteiger partial charge in [0, 0.05) is 18.8 Å². The van der Waals surface area contributed by atoms with Crippen molar-refractivity contribution in [3.63, 3.8) is 0 Å². The van der Waals surface area contributed by atoms with E-state index in [0.717, 1.165) is 25.9 Å². The molecule has 0 radical (unpaired) electrons. The number of aryl methyl sites for hydroxylation is 1.